The lowest BCUT2D eigenvalue weighted by Crippen LogP contribution is -2.48. The number of rotatable bonds is 34. The lowest BCUT2D eigenvalue weighted by Gasteiger charge is -2.21. The summed E-state index contributed by atoms with van der Waals surface area (Å²) in [5.74, 6) is -0.518. The van der Waals surface area contributed by atoms with E-state index in [-0.39, 0.29) is 6.61 Å². The number of nitrogens with one attached hydrogen (secondary N) is 1. The second-order valence-corrected chi connectivity index (χ2v) is 13.1. The molecule has 0 rings (SSSR count). The van der Waals surface area contributed by atoms with Crippen LogP contribution in [0.15, 0.2) is 36.5 Å². The van der Waals surface area contributed by atoms with Gasteiger partial charge < -0.3 is 20.6 Å². The SMILES string of the molecule is CCC/C=C/CC/C=C/CC/C=C/C(O)C(CO)NC(=O)C(O)CCCCCCCCCCCCCCCCCCCCCC. The fourth-order valence-electron chi connectivity index (χ4n) is 5.63. The molecule has 0 saturated carbocycles. The van der Waals surface area contributed by atoms with E-state index < -0.39 is 24.2 Å². The molecule has 5 nitrogen and oxygen atoms in total. The number of amides is 1. The summed E-state index contributed by atoms with van der Waals surface area (Å²) in [7, 11) is 0. The van der Waals surface area contributed by atoms with Crippen molar-refractivity contribution < 1.29 is 20.1 Å². The van der Waals surface area contributed by atoms with E-state index in [1.165, 1.54) is 116 Å². The van der Waals surface area contributed by atoms with E-state index in [1.807, 2.05) is 6.08 Å². The minimum atomic E-state index is -1.10. The summed E-state index contributed by atoms with van der Waals surface area (Å²) in [5, 5.41) is 32.9. The fraction of sp³-hybridized carbons (Fsp3) is 0.825. The maximum atomic E-state index is 12.4. The summed E-state index contributed by atoms with van der Waals surface area (Å²) < 4.78 is 0. The summed E-state index contributed by atoms with van der Waals surface area (Å²) in [6.07, 6.45) is 43.1. The topological polar surface area (TPSA) is 89.8 Å². The molecule has 0 aliphatic rings. The summed E-state index contributed by atoms with van der Waals surface area (Å²) in [6.45, 7) is 4.08. The van der Waals surface area contributed by atoms with Crippen molar-refractivity contribution in [3.8, 4) is 0 Å². The first-order valence-corrected chi connectivity index (χ1v) is 19.3. The average Bonchev–Trinajstić information content (AvgIpc) is 3.04. The number of aliphatic hydroxyl groups is 3. The van der Waals surface area contributed by atoms with Gasteiger partial charge in [0.05, 0.1) is 18.8 Å². The molecule has 4 N–H and O–H groups in total. The van der Waals surface area contributed by atoms with Crippen molar-refractivity contribution in [1.29, 1.82) is 0 Å². The number of unbranched alkanes of at least 4 members (excludes halogenated alkanes) is 22. The van der Waals surface area contributed by atoms with Gasteiger partial charge in [0.25, 0.3) is 0 Å². The monoisotopic (exact) mass is 634 g/mol. The molecule has 0 heterocycles. The first-order valence-electron chi connectivity index (χ1n) is 19.3. The van der Waals surface area contributed by atoms with Crippen LogP contribution in [0.2, 0.25) is 0 Å². The molecule has 0 bridgehead atoms. The summed E-state index contributed by atoms with van der Waals surface area (Å²) in [6, 6.07) is -0.816. The highest BCUT2D eigenvalue weighted by Crippen LogP contribution is 2.15. The average molecular weight is 634 g/mol. The second kappa shape index (κ2) is 35.4. The van der Waals surface area contributed by atoms with Crippen LogP contribution >= 0.6 is 0 Å². The number of hydrogen-bond acceptors (Lipinski definition) is 4. The molecule has 45 heavy (non-hydrogen) atoms. The highest BCUT2D eigenvalue weighted by molar-refractivity contribution is 5.80. The van der Waals surface area contributed by atoms with Gasteiger partial charge in [-0.1, -0.05) is 185 Å². The number of allylic oxidation sites excluding steroid dienone is 5. The third-order valence-corrected chi connectivity index (χ3v) is 8.69. The molecule has 0 fully saturated rings. The zero-order chi connectivity index (χ0) is 33.1. The van der Waals surface area contributed by atoms with Crippen LogP contribution in [-0.2, 0) is 4.79 Å². The Balaban J connectivity index is 3.69. The minimum absolute atomic E-state index is 0.380. The number of hydrogen-bond donors (Lipinski definition) is 4. The summed E-state index contributed by atoms with van der Waals surface area (Å²) in [4.78, 5) is 12.4. The van der Waals surface area contributed by atoms with Gasteiger partial charge in [0.1, 0.15) is 6.10 Å². The first kappa shape index (κ1) is 43.6. The van der Waals surface area contributed by atoms with Gasteiger partial charge in [0, 0.05) is 0 Å². The van der Waals surface area contributed by atoms with E-state index in [2.05, 4.69) is 43.5 Å². The van der Waals surface area contributed by atoms with Crippen molar-refractivity contribution in [2.24, 2.45) is 0 Å². The quantitative estimate of drug-likeness (QED) is 0.0419. The van der Waals surface area contributed by atoms with Crippen LogP contribution in [0.3, 0.4) is 0 Å². The van der Waals surface area contributed by atoms with Gasteiger partial charge in [-0.05, 0) is 38.5 Å². The molecule has 0 spiro atoms. The van der Waals surface area contributed by atoms with Crippen LogP contribution in [0.4, 0.5) is 0 Å². The van der Waals surface area contributed by atoms with Crippen LogP contribution in [0, 0.1) is 0 Å². The van der Waals surface area contributed by atoms with Gasteiger partial charge in [0.2, 0.25) is 5.91 Å². The molecule has 0 aliphatic carbocycles. The Labute approximate surface area is 279 Å². The fourth-order valence-corrected chi connectivity index (χ4v) is 5.63. The van der Waals surface area contributed by atoms with Gasteiger partial charge >= 0.3 is 0 Å². The third-order valence-electron chi connectivity index (χ3n) is 8.69. The predicted molar refractivity (Wildman–Crippen MR) is 194 cm³/mol. The van der Waals surface area contributed by atoms with Gasteiger partial charge in [-0.15, -0.1) is 0 Å². The Hall–Kier alpha value is -1.43. The third kappa shape index (κ3) is 31.0. The Morgan fingerprint density at radius 1 is 0.533 bits per heavy atom. The van der Waals surface area contributed by atoms with Crippen molar-refractivity contribution in [3.05, 3.63) is 36.5 Å². The Morgan fingerprint density at radius 2 is 0.911 bits per heavy atom. The minimum Gasteiger partial charge on any atom is -0.394 e. The van der Waals surface area contributed by atoms with E-state index in [1.54, 1.807) is 6.08 Å². The van der Waals surface area contributed by atoms with E-state index in [0.29, 0.717) is 6.42 Å². The molecule has 0 aliphatic heterocycles. The lowest BCUT2D eigenvalue weighted by atomic mass is 10.0. The summed E-state index contributed by atoms with van der Waals surface area (Å²) in [5.41, 5.74) is 0. The van der Waals surface area contributed by atoms with Crippen LogP contribution < -0.4 is 5.32 Å². The highest BCUT2D eigenvalue weighted by Gasteiger charge is 2.22. The Morgan fingerprint density at radius 3 is 1.31 bits per heavy atom. The molecule has 0 radical (unpaired) electrons. The predicted octanol–water partition coefficient (Wildman–Crippen LogP) is 10.4. The van der Waals surface area contributed by atoms with Crippen molar-refractivity contribution in [3.63, 3.8) is 0 Å². The largest absolute Gasteiger partial charge is 0.394 e. The number of carbonyl (C=O) groups excluding carboxylic acids is 1. The second-order valence-electron chi connectivity index (χ2n) is 13.1. The molecule has 5 heteroatoms. The maximum Gasteiger partial charge on any atom is 0.249 e. The lowest BCUT2D eigenvalue weighted by molar-refractivity contribution is -0.131. The molecule has 0 aromatic heterocycles. The van der Waals surface area contributed by atoms with Crippen LogP contribution in [-0.4, -0.2) is 46.1 Å². The molecule has 1 amide bonds. The van der Waals surface area contributed by atoms with Gasteiger partial charge in [-0.25, -0.2) is 0 Å². The molecule has 3 atom stereocenters. The normalized spacial score (nSPS) is 14.2. The highest BCUT2D eigenvalue weighted by atomic mass is 16.3. The van der Waals surface area contributed by atoms with E-state index in [4.69, 9.17) is 0 Å². The molecule has 0 aromatic rings. The zero-order valence-corrected chi connectivity index (χ0v) is 29.7. The molecule has 3 unspecified atom stereocenters. The van der Waals surface area contributed by atoms with Gasteiger partial charge in [-0.3, -0.25) is 4.79 Å². The van der Waals surface area contributed by atoms with E-state index in [9.17, 15) is 20.1 Å². The maximum absolute atomic E-state index is 12.4. The van der Waals surface area contributed by atoms with Crippen molar-refractivity contribution in [2.45, 2.75) is 205 Å². The van der Waals surface area contributed by atoms with E-state index in [0.717, 1.165) is 51.4 Å². The molecular formula is C40H75NO4. The van der Waals surface area contributed by atoms with Crippen LogP contribution in [0.5, 0.6) is 0 Å². The first-order chi connectivity index (χ1) is 22.1. The number of carbonyl (C=O) groups is 1. The standard InChI is InChI=1S/C40H75NO4/c1-3-5-7-9-11-13-15-16-17-18-19-20-21-22-23-25-27-29-31-33-35-39(44)40(45)41-37(36-42)38(43)34-32-30-28-26-24-14-12-10-8-6-4-2/h8,10,24,26,32,34,37-39,42-44H,3-7,9,11-23,25,27-31,33,35-36H2,1-2H3,(H,41,45)/b10-8+,26-24+,34-32+. The zero-order valence-electron chi connectivity index (χ0n) is 29.7. The van der Waals surface area contributed by atoms with Crippen molar-refractivity contribution in [1.82, 2.24) is 5.32 Å². The Kier molecular flexibility index (Phi) is 34.3. The van der Waals surface area contributed by atoms with Crippen molar-refractivity contribution in [2.75, 3.05) is 6.61 Å². The molecule has 264 valence electrons. The van der Waals surface area contributed by atoms with Gasteiger partial charge in [0.15, 0.2) is 0 Å². The van der Waals surface area contributed by atoms with Crippen LogP contribution in [0.1, 0.15) is 187 Å². The van der Waals surface area contributed by atoms with Gasteiger partial charge in [-0.2, -0.15) is 0 Å². The molecule has 0 saturated heterocycles. The molecule has 0 aromatic carbocycles. The van der Waals surface area contributed by atoms with Crippen molar-refractivity contribution >= 4 is 5.91 Å². The summed E-state index contributed by atoms with van der Waals surface area (Å²) >= 11 is 0. The Bertz CT molecular complexity index is 704. The van der Waals surface area contributed by atoms with Crippen LogP contribution in [0.25, 0.3) is 0 Å². The number of aliphatic hydroxyl groups excluding tert-OH is 3. The van der Waals surface area contributed by atoms with E-state index >= 15 is 0 Å². The smallest absolute Gasteiger partial charge is 0.249 e. The molecular weight excluding hydrogens is 558 g/mol.